The first-order valence-corrected chi connectivity index (χ1v) is 6.58. The Morgan fingerprint density at radius 3 is 2.12 bits per heavy atom. The highest BCUT2D eigenvalue weighted by molar-refractivity contribution is 5.36. The van der Waals surface area contributed by atoms with E-state index >= 15 is 0 Å². The third-order valence-electron chi connectivity index (χ3n) is 3.59. The highest BCUT2D eigenvalue weighted by Crippen LogP contribution is 2.30. The van der Waals surface area contributed by atoms with Gasteiger partial charge in [0.25, 0.3) is 0 Å². The van der Waals surface area contributed by atoms with Crippen LogP contribution in [0.1, 0.15) is 57.2 Å². The van der Waals surface area contributed by atoms with Gasteiger partial charge in [-0.3, -0.25) is 0 Å². The van der Waals surface area contributed by atoms with Gasteiger partial charge in [0.2, 0.25) is 0 Å². The van der Waals surface area contributed by atoms with Gasteiger partial charge in [-0.25, -0.2) is 0 Å². The Hall–Kier alpha value is -0.820. The molecule has 1 aromatic rings. The molecule has 1 atom stereocenters. The van der Waals surface area contributed by atoms with Gasteiger partial charge in [-0.15, -0.1) is 0 Å². The second-order valence-electron chi connectivity index (χ2n) is 6.41. The lowest BCUT2D eigenvalue weighted by Crippen LogP contribution is -2.19. The summed E-state index contributed by atoms with van der Waals surface area (Å²) in [4.78, 5) is 0. The van der Waals surface area contributed by atoms with E-state index in [0.717, 1.165) is 6.54 Å². The van der Waals surface area contributed by atoms with Crippen LogP contribution in [0.25, 0.3) is 0 Å². The molecule has 1 heteroatoms. The largest absolute Gasteiger partial charge is 0.330 e. The lowest BCUT2D eigenvalue weighted by molar-refractivity contribution is 0.503. The molecule has 0 bridgehead atoms. The molecular weight excluding hydrogens is 206 g/mol. The molecule has 1 aromatic carbocycles. The maximum atomic E-state index is 5.90. The molecule has 0 aromatic heterocycles. The van der Waals surface area contributed by atoms with E-state index in [1.54, 1.807) is 0 Å². The molecule has 96 valence electrons. The molecule has 17 heavy (non-hydrogen) atoms. The summed E-state index contributed by atoms with van der Waals surface area (Å²) in [6.07, 6.45) is 0. The quantitative estimate of drug-likeness (QED) is 0.839. The fourth-order valence-corrected chi connectivity index (χ4v) is 2.32. The van der Waals surface area contributed by atoms with Crippen molar-refractivity contribution in [2.24, 2.45) is 11.7 Å². The van der Waals surface area contributed by atoms with Gasteiger partial charge in [0, 0.05) is 0 Å². The number of hydrogen-bond acceptors (Lipinski definition) is 1. The molecule has 0 radical (unpaired) electrons. The summed E-state index contributed by atoms with van der Waals surface area (Å²) in [5, 5.41) is 0. The van der Waals surface area contributed by atoms with Gasteiger partial charge in [0.1, 0.15) is 0 Å². The van der Waals surface area contributed by atoms with Crippen LogP contribution >= 0.6 is 0 Å². The van der Waals surface area contributed by atoms with Gasteiger partial charge in [-0.2, -0.15) is 0 Å². The summed E-state index contributed by atoms with van der Waals surface area (Å²) in [6.45, 7) is 14.2. The van der Waals surface area contributed by atoms with E-state index in [0.29, 0.717) is 11.8 Å². The van der Waals surface area contributed by atoms with Crippen molar-refractivity contribution >= 4 is 0 Å². The maximum Gasteiger partial charge on any atom is -0.000567 e. The van der Waals surface area contributed by atoms with E-state index in [1.165, 1.54) is 16.7 Å². The first-order valence-electron chi connectivity index (χ1n) is 6.58. The monoisotopic (exact) mass is 233 g/mol. The van der Waals surface area contributed by atoms with Crippen LogP contribution in [0.2, 0.25) is 0 Å². The Bertz CT molecular complexity index is 372. The second-order valence-corrected chi connectivity index (χ2v) is 6.41. The molecule has 0 fully saturated rings. The minimum absolute atomic E-state index is 0.222. The van der Waals surface area contributed by atoms with Gasteiger partial charge in [0.15, 0.2) is 0 Å². The Kier molecular flexibility index (Phi) is 4.37. The van der Waals surface area contributed by atoms with Gasteiger partial charge in [-0.1, -0.05) is 52.8 Å². The van der Waals surface area contributed by atoms with Crippen LogP contribution in [0.5, 0.6) is 0 Å². The Labute approximate surface area is 106 Å². The molecule has 0 aliphatic rings. The van der Waals surface area contributed by atoms with Crippen molar-refractivity contribution in [2.75, 3.05) is 6.54 Å². The second kappa shape index (κ2) is 5.22. The standard InChI is InChI=1S/C16H27N/c1-11(2)15(10-17)14-8-7-13(9-12(14)3)16(4,5)6/h7-9,11,15H,10,17H2,1-6H3. The Morgan fingerprint density at radius 2 is 1.76 bits per heavy atom. The summed E-state index contributed by atoms with van der Waals surface area (Å²) >= 11 is 0. The molecule has 0 aliphatic heterocycles. The van der Waals surface area contributed by atoms with E-state index in [2.05, 4.69) is 59.7 Å². The van der Waals surface area contributed by atoms with E-state index < -0.39 is 0 Å². The molecule has 1 nitrogen and oxygen atoms in total. The van der Waals surface area contributed by atoms with Gasteiger partial charge < -0.3 is 5.73 Å². The van der Waals surface area contributed by atoms with Crippen LogP contribution in [0.3, 0.4) is 0 Å². The first kappa shape index (κ1) is 14.2. The highest BCUT2D eigenvalue weighted by atomic mass is 14.6. The fraction of sp³-hybridized carbons (Fsp3) is 0.625. The van der Waals surface area contributed by atoms with Gasteiger partial charge >= 0.3 is 0 Å². The van der Waals surface area contributed by atoms with Crippen molar-refractivity contribution in [1.29, 1.82) is 0 Å². The lowest BCUT2D eigenvalue weighted by Gasteiger charge is -2.25. The molecule has 0 amide bonds. The molecule has 0 spiro atoms. The first-order chi connectivity index (χ1) is 7.77. The minimum atomic E-state index is 0.222. The van der Waals surface area contributed by atoms with Crippen molar-refractivity contribution in [3.63, 3.8) is 0 Å². The number of hydrogen-bond donors (Lipinski definition) is 1. The summed E-state index contributed by atoms with van der Waals surface area (Å²) in [5.74, 6) is 1.07. The fourth-order valence-electron chi connectivity index (χ4n) is 2.32. The van der Waals surface area contributed by atoms with Crippen LogP contribution in [0.15, 0.2) is 18.2 Å². The third-order valence-corrected chi connectivity index (χ3v) is 3.59. The number of aryl methyl sites for hydroxylation is 1. The lowest BCUT2D eigenvalue weighted by atomic mass is 9.81. The summed E-state index contributed by atoms with van der Waals surface area (Å²) in [5.41, 5.74) is 10.3. The molecule has 0 saturated heterocycles. The van der Waals surface area contributed by atoms with E-state index in [9.17, 15) is 0 Å². The molecule has 0 saturated carbocycles. The van der Waals surface area contributed by atoms with Crippen molar-refractivity contribution in [3.8, 4) is 0 Å². The maximum absolute atomic E-state index is 5.90. The van der Waals surface area contributed by atoms with Gasteiger partial charge in [-0.05, 0) is 47.4 Å². The Balaban J connectivity index is 3.13. The van der Waals surface area contributed by atoms with Crippen LogP contribution in [0.4, 0.5) is 0 Å². The predicted octanol–water partition coefficient (Wildman–Crippen LogP) is 3.99. The average molecular weight is 233 g/mol. The normalized spacial score (nSPS) is 14.1. The summed E-state index contributed by atoms with van der Waals surface area (Å²) in [7, 11) is 0. The van der Waals surface area contributed by atoms with Crippen LogP contribution in [0, 0.1) is 12.8 Å². The zero-order valence-corrected chi connectivity index (χ0v) is 12.2. The molecule has 2 N–H and O–H groups in total. The van der Waals surface area contributed by atoms with Crippen LogP contribution < -0.4 is 5.73 Å². The van der Waals surface area contributed by atoms with E-state index in [4.69, 9.17) is 5.73 Å². The van der Waals surface area contributed by atoms with Crippen LogP contribution in [-0.4, -0.2) is 6.54 Å². The highest BCUT2D eigenvalue weighted by Gasteiger charge is 2.19. The zero-order chi connectivity index (χ0) is 13.2. The number of benzene rings is 1. The summed E-state index contributed by atoms with van der Waals surface area (Å²) < 4.78 is 0. The van der Waals surface area contributed by atoms with Crippen molar-refractivity contribution < 1.29 is 0 Å². The number of nitrogens with two attached hydrogens (primary N) is 1. The Morgan fingerprint density at radius 1 is 1.18 bits per heavy atom. The van der Waals surface area contributed by atoms with Crippen molar-refractivity contribution in [3.05, 3.63) is 34.9 Å². The van der Waals surface area contributed by atoms with E-state index in [-0.39, 0.29) is 5.41 Å². The van der Waals surface area contributed by atoms with Crippen LogP contribution in [-0.2, 0) is 5.41 Å². The van der Waals surface area contributed by atoms with Crippen molar-refractivity contribution in [1.82, 2.24) is 0 Å². The van der Waals surface area contributed by atoms with Gasteiger partial charge in [0.05, 0.1) is 0 Å². The smallest absolute Gasteiger partial charge is 0.000567 e. The minimum Gasteiger partial charge on any atom is -0.330 e. The molecule has 0 aliphatic carbocycles. The molecule has 1 rings (SSSR count). The SMILES string of the molecule is Cc1cc(C(C)(C)C)ccc1C(CN)C(C)C. The van der Waals surface area contributed by atoms with Crippen molar-refractivity contribution in [2.45, 2.75) is 52.9 Å². The third kappa shape index (κ3) is 3.32. The summed E-state index contributed by atoms with van der Waals surface area (Å²) in [6, 6.07) is 6.85. The number of rotatable bonds is 3. The topological polar surface area (TPSA) is 26.0 Å². The average Bonchev–Trinajstić information content (AvgIpc) is 2.19. The predicted molar refractivity (Wildman–Crippen MR) is 76.5 cm³/mol. The molecular formula is C16H27N. The zero-order valence-electron chi connectivity index (χ0n) is 12.2. The molecule has 0 heterocycles. The molecule has 1 unspecified atom stereocenters. The van der Waals surface area contributed by atoms with E-state index in [1.807, 2.05) is 0 Å².